The van der Waals surface area contributed by atoms with Crippen molar-refractivity contribution >= 4 is 17.5 Å². The van der Waals surface area contributed by atoms with E-state index in [1.54, 1.807) is 25.3 Å². The summed E-state index contributed by atoms with van der Waals surface area (Å²) in [7, 11) is 3.13. The highest BCUT2D eigenvalue weighted by atomic mass is 35.5. The Morgan fingerprint density at radius 2 is 1.88 bits per heavy atom. The van der Waals surface area contributed by atoms with Crippen molar-refractivity contribution in [3.8, 4) is 11.4 Å². The van der Waals surface area contributed by atoms with Crippen LogP contribution in [-0.4, -0.2) is 54.3 Å². The number of aromatic amines is 1. The summed E-state index contributed by atoms with van der Waals surface area (Å²) in [6.07, 6.45) is 1.71. The minimum Gasteiger partial charge on any atom is -0.497 e. The molecule has 0 spiro atoms. The van der Waals surface area contributed by atoms with E-state index in [0.717, 1.165) is 22.1 Å². The number of hydrogen-bond donors (Lipinski definition) is 1. The molecule has 0 aliphatic rings. The van der Waals surface area contributed by atoms with Crippen LogP contribution < -0.4 is 16.0 Å². The molecule has 0 bridgehead atoms. The highest BCUT2D eigenvalue weighted by Gasteiger charge is 2.21. The molecule has 0 aliphatic carbocycles. The summed E-state index contributed by atoms with van der Waals surface area (Å²) >= 11 is 6.00. The third-order valence-electron chi connectivity index (χ3n) is 4.93. The van der Waals surface area contributed by atoms with Gasteiger partial charge in [-0.05, 0) is 42.3 Å². The highest BCUT2D eigenvalue weighted by molar-refractivity contribution is 6.30. The molecule has 2 aromatic carbocycles. The molecule has 0 atom stereocenters. The van der Waals surface area contributed by atoms with Gasteiger partial charge in [-0.25, -0.2) is 9.36 Å². The number of hydrogen-bond acceptors (Lipinski definition) is 5. The molecule has 0 aliphatic heterocycles. The lowest BCUT2D eigenvalue weighted by atomic mass is 10.1. The van der Waals surface area contributed by atoms with Crippen molar-refractivity contribution < 1.29 is 14.3 Å². The van der Waals surface area contributed by atoms with E-state index in [1.165, 1.54) is 18.1 Å². The molecule has 8 nitrogen and oxygen atoms in total. The number of rotatable bonds is 9. The van der Waals surface area contributed by atoms with Crippen molar-refractivity contribution in [1.82, 2.24) is 14.5 Å². The van der Waals surface area contributed by atoms with E-state index in [4.69, 9.17) is 21.1 Å². The van der Waals surface area contributed by atoms with Gasteiger partial charge in [0.25, 0.3) is 11.5 Å². The van der Waals surface area contributed by atoms with Crippen LogP contribution in [0.4, 0.5) is 0 Å². The van der Waals surface area contributed by atoms with Crippen molar-refractivity contribution in [2.45, 2.75) is 6.42 Å². The van der Waals surface area contributed by atoms with Gasteiger partial charge in [-0.1, -0.05) is 29.8 Å². The first-order valence-corrected chi connectivity index (χ1v) is 10.3. The van der Waals surface area contributed by atoms with Crippen molar-refractivity contribution in [3.05, 3.63) is 91.7 Å². The second-order valence-corrected chi connectivity index (χ2v) is 7.45. The first-order valence-electron chi connectivity index (χ1n) is 9.96. The number of H-pyrrole nitrogens is 1. The number of nitrogens with one attached hydrogen (secondary N) is 1. The number of halogens is 1. The maximum atomic E-state index is 13.3. The largest absolute Gasteiger partial charge is 0.497 e. The molecule has 1 N–H and O–H groups in total. The number of ether oxygens (including phenoxy) is 2. The van der Waals surface area contributed by atoms with Crippen LogP contribution in [0.2, 0.25) is 5.02 Å². The van der Waals surface area contributed by atoms with Crippen molar-refractivity contribution in [2.24, 2.45) is 0 Å². The summed E-state index contributed by atoms with van der Waals surface area (Å²) in [6.45, 7) is 0.940. The summed E-state index contributed by atoms with van der Waals surface area (Å²) in [5, 5.41) is 0.366. The van der Waals surface area contributed by atoms with Gasteiger partial charge in [-0.2, -0.15) is 0 Å². The van der Waals surface area contributed by atoms with Crippen LogP contribution in [0, 0.1) is 0 Å². The zero-order valence-electron chi connectivity index (χ0n) is 17.8. The fourth-order valence-electron chi connectivity index (χ4n) is 3.25. The van der Waals surface area contributed by atoms with E-state index in [1.807, 2.05) is 24.3 Å². The lowest BCUT2D eigenvalue weighted by molar-refractivity contribution is 0.0695. The van der Waals surface area contributed by atoms with Gasteiger partial charge in [0, 0.05) is 31.4 Å². The monoisotopic (exact) mass is 457 g/mol. The Bertz CT molecular complexity index is 1200. The zero-order valence-corrected chi connectivity index (χ0v) is 18.6. The number of amides is 1. The first-order chi connectivity index (χ1) is 15.4. The second kappa shape index (κ2) is 10.8. The van der Waals surface area contributed by atoms with Crippen molar-refractivity contribution in [2.75, 3.05) is 33.9 Å². The average molecular weight is 458 g/mol. The summed E-state index contributed by atoms with van der Waals surface area (Å²) in [5.74, 6) is 0.226. The summed E-state index contributed by atoms with van der Waals surface area (Å²) in [5.41, 5.74) is -0.264. The Hall–Kier alpha value is -3.36. The molecule has 0 radical (unpaired) electrons. The van der Waals surface area contributed by atoms with Gasteiger partial charge in [-0.15, -0.1) is 0 Å². The second-order valence-electron chi connectivity index (χ2n) is 7.01. The van der Waals surface area contributed by atoms with Crippen LogP contribution in [0.25, 0.3) is 5.69 Å². The third kappa shape index (κ3) is 5.46. The SMILES string of the molecule is COCCN(CCc1cccc(OC)c1)C(=O)c1c[nH]c(=O)n(-c2cccc(Cl)c2)c1=O. The lowest BCUT2D eigenvalue weighted by Crippen LogP contribution is -2.42. The Morgan fingerprint density at radius 3 is 2.59 bits per heavy atom. The Balaban J connectivity index is 1.91. The van der Waals surface area contributed by atoms with Gasteiger partial charge in [0.15, 0.2) is 0 Å². The number of methoxy groups -OCH3 is 2. The van der Waals surface area contributed by atoms with Crippen LogP contribution in [0.3, 0.4) is 0 Å². The van der Waals surface area contributed by atoms with Gasteiger partial charge >= 0.3 is 5.69 Å². The molecule has 168 valence electrons. The minimum atomic E-state index is -0.718. The molecular weight excluding hydrogens is 434 g/mol. The lowest BCUT2D eigenvalue weighted by Gasteiger charge is -2.22. The van der Waals surface area contributed by atoms with Crippen LogP contribution in [0.1, 0.15) is 15.9 Å². The van der Waals surface area contributed by atoms with E-state index in [2.05, 4.69) is 4.98 Å². The standard InChI is InChI=1S/C23H24ClN3O5/c1-31-12-11-26(10-9-16-5-3-8-19(13-16)32-2)21(28)20-15-25-23(30)27(22(20)29)18-7-4-6-17(24)14-18/h3-8,13-15H,9-12H2,1-2H3,(H,25,30). The van der Waals surface area contributed by atoms with Crippen LogP contribution in [0.5, 0.6) is 5.75 Å². The third-order valence-corrected chi connectivity index (χ3v) is 5.17. The Morgan fingerprint density at radius 1 is 1.09 bits per heavy atom. The number of aromatic nitrogens is 2. The van der Waals surface area contributed by atoms with Crippen LogP contribution in [-0.2, 0) is 11.2 Å². The quantitative estimate of drug-likeness (QED) is 0.533. The predicted molar refractivity (Wildman–Crippen MR) is 122 cm³/mol. The highest BCUT2D eigenvalue weighted by Crippen LogP contribution is 2.14. The maximum Gasteiger partial charge on any atom is 0.333 e. The number of carbonyl (C=O) groups excluding carboxylic acids is 1. The first kappa shape index (κ1) is 23.3. The van der Waals surface area contributed by atoms with E-state index < -0.39 is 17.2 Å². The van der Waals surface area contributed by atoms with Gasteiger partial charge < -0.3 is 19.4 Å². The topological polar surface area (TPSA) is 93.6 Å². The average Bonchev–Trinajstić information content (AvgIpc) is 2.79. The molecule has 9 heteroatoms. The Labute approximate surface area is 190 Å². The summed E-state index contributed by atoms with van der Waals surface area (Å²) < 4.78 is 11.3. The van der Waals surface area contributed by atoms with Gasteiger partial charge in [-0.3, -0.25) is 9.59 Å². The smallest absolute Gasteiger partial charge is 0.333 e. The molecule has 3 aromatic rings. The van der Waals surface area contributed by atoms with E-state index in [9.17, 15) is 14.4 Å². The van der Waals surface area contributed by atoms with Crippen molar-refractivity contribution in [1.29, 1.82) is 0 Å². The fourth-order valence-corrected chi connectivity index (χ4v) is 3.44. The zero-order chi connectivity index (χ0) is 23.1. The normalized spacial score (nSPS) is 10.7. The minimum absolute atomic E-state index is 0.147. The van der Waals surface area contributed by atoms with Gasteiger partial charge in [0.05, 0.1) is 19.4 Å². The van der Waals surface area contributed by atoms with E-state index in [-0.39, 0.29) is 17.8 Å². The van der Waals surface area contributed by atoms with Crippen molar-refractivity contribution in [3.63, 3.8) is 0 Å². The molecular formula is C23H24ClN3O5. The molecule has 0 saturated carbocycles. The van der Waals surface area contributed by atoms with Crippen LogP contribution in [0.15, 0.2) is 64.3 Å². The maximum absolute atomic E-state index is 13.3. The number of nitrogens with zero attached hydrogens (tertiary/aromatic N) is 2. The predicted octanol–water partition coefficient (Wildman–Crippen LogP) is 2.52. The van der Waals surface area contributed by atoms with Gasteiger partial charge in [0.1, 0.15) is 11.3 Å². The Kier molecular flexibility index (Phi) is 7.86. The summed E-state index contributed by atoms with van der Waals surface area (Å²) in [4.78, 5) is 42.7. The molecule has 0 fully saturated rings. The van der Waals surface area contributed by atoms with Gasteiger partial charge in [0.2, 0.25) is 0 Å². The molecule has 0 unspecified atom stereocenters. The fraction of sp³-hybridized carbons (Fsp3) is 0.261. The molecule has 1 amide bonds. The van der Waals surface area contributed by atoms with Crippen LogP contribution >= 0.6 is 11.6 Å². The van der Waals surface area contributed by atoms with E-state index in [0.29, 0.717) is 24.6 Å². The molecule has 0 saturated heterocycles. The summed E-state index contributed by atoms with van der Waals surface area (Å²) in [6, 6.07) is 13.9. The molecule has 1 aromatic heterocycles. The number of benzene rings is 2. The van der Waals surface area contributed by atoms with E-state index >= 15 is 0 Å². The molecule has 32 heavy (non-hydrogen) atoms. The molecule has 1 heterocycles. The molecule has 3 rings (SSSR count). The number of carbonyl (C=O) groups is 1.